The fraction of sp³-hybridized carbons (Fsp3) is 0.111. The molecule has 7 heteroatoms. The van der Waals surface area contributed by atoms with Crippen molar-refractivity contribution in [1.29, 1.82) is 0 Å². The van der Waals surface area contributed by atoms with Gasteiger partial charge in [0.15, 0.2) is 11.0 Å². The SMILES string of the molecule is Cn1c(SCc2csc(-c3ccccc3)n2)nnc1-c1ccccn1. The number of hydrogen-bond acceptors (Lipinski definition) is 6. The van der Waals surface area contributed by atoms with E-state index in [-0.39, 0.29) is 0 Å². The Balaban J connectivity index is 1.48. The van der Waals surface area contributed by atoms with E-state index in [1.54, 1.807) is 29.3 Å². The zero-order chi connectivity index (χ0) is 17.1. The molecule has 0 bridgehead atoms. The van der Waals surface area contributed by atoms with E-state index in [1.165, 1.54) is 0 Å². The van der Waals surface area contributed by atoms with Crippen LogP contribution in [-0.4, -0.2) is 24.7 Å². The van der Waals surface area contributed by atoms with Crippen molar-refractivity contribution in [3.63, 3.8) is 0 Å². The summed E-state index contributed by atoms with van der Waals surface area (Å²) in [4.78, 5) is 9.05. The number of rotatable bonds is 5. The molecule has 3 aromatic heterocycles. The summed E-state index contributed by atoms with van der Waals surface area (Å²) in [5.41, 5.74) is 3.03. The van der Waals surface area contributed by atoms with E-state index in [9.17, 15) is 0 Å². The fourth-order valence-corrected chi connectivity index (χ4v) is 4.12. The molecule has 0 unspecified atom stereocenters. The van der Waals surface area contributed by atoms with Crippen molar-refractivity contribution in [2.75, 3.05) is 0 Å². The summed E-state index contributed by atoms with van der Waals surface area (Å²) in [5.74, 6) is 1.53. The summed E-state index contributed by atoms with van der Waals surface area (Å²) in [6, 6.07) is 16.0. The first-order chi connectivity index (χ1) is 12.3. The summed E-state index contributed by atoms with van der Waals surface area (Å²) >= 11 is 3.30. The molecule has 0 saturated heterocycles. The van der Waals surface area contributed by atoms with Gasteiger partial charge in [-0.3, -0.25) is 4.98 Å². The van der Waals surface area contributed by atoms with Crippen molar-refractivity contribution < 1.29 is 0 Å². The highest BCUT2D eigenvalue weighted by Gasteiger charge is 2.13. The monoisotopic (exact) mass is 365 g/mol. The van der Waals surface area contributed by atoms with Crippen LogP contribution in [0.4, 0.5) is 0 Å². The minimum Gasteiger partial charge on any atom is -0.304 e. The molecule has 124 valence electrons. The van der Waals surface area contributed by atoms with Crippen molar-refractivity contribution in [2.24, 2.45) is 7.05 Å². The normalized spacial score (nSPS) is 10.9. The Morgan fingerprint density at radius 3 is 2.68 bits per heavy atom. The first-order valence-electron chi connectivity index (χ1n) is 7.74. The van der Waals surface area contributed by atoms with Crippen molar-refractivity contribution in [3.05, 3.63) is 65.8 Å². The Morgan fingerprint density at radius 1 is 1.04 bits per heavy atom. The third-order valence-corrected chi connectivity index (χ3v) is 5.64. The lowest BCUT2D eigenvalue weighted by molar-refractivity contribution is 0.792. The number of thioether (sulfide) groups is 1. The molecule has 0 amide bonds. The lowest BCUT2D eigenvalue weighted by atomic mass is 10.2. The molecule has 0 aliphatic carbocycles. The van der Waals surface area contributed by atoms with Gasteiger partial charge in [0.2, 0.25) is 0 Å². The molecule has 0 atom stereocenters. The second-order valence-electron chi connectivity index (χ2n) is 5.38. The molecular formula is C18H15N5S2. The minimum atomic E-state index is 0.761. The molecule has 0 radical (unpaired) electrons. The Hall–Kier alpha value is -2.51. The molecule has 4 aromatic rings. The standard InChI is InChI=1S/C18H15N5S2/c1-23-16(15-9-5-6-10-19-15)21-22-18(23)25-12-14-11-24-17(20-14)13-7-3-2-4-8-13/h2-11H,12H2,1H3. The molecule has 3 heterocycles. The molecule has 4 rings (SSSR count). The minimum absolute atomic E-state index is 0.761. The molecule has 0 fully saturated rings. The Bertz CT molecular complexity index is 964. The molecule has 0 saturated carbocycles. The van der Waals surface area contributed by atoms with E-state index >= 15 is 0 Å². The summed E-state index contributed by atoms with van der Waals surface area (Å²) in [7, 11) is 1.96. The quantitative estimate of drug-likeness (QED) is 0.494. The lowest BCUT2D eigenvalue weighted by Gasteiger charge is -2.02. The van der Waals surface area contributed by atoms with E-state index in [0.717, 1.165) is 38.7 Å². The summed E-state index contributed by atoms with van der Waals surface area (Å²) < 4.78 is 1.97. The molecule has 25 heavy (non-hydrogen) atoms. The zero-order valence-corrected chi connectivity index (χ0v) is 15.2. The van der Waals surface area contributed by atoms with E-state index in [2.05, 4.69) is 32.7 Å². The molecule has 5 nitrogen and oxygen atoms in total. The van der Waals surface area contributed by atoms with Gasteiger partial charge in [0.05, 0.1) is 5.69 Å². The van der Waals surface area contributed by atoms with Crippen LogP contribution in [0.5, 0.6) is 0 Å². The lowest BCUT2D eigenvalue weighted by Crippen LogP contribution is -1.96. The topological polar surface area (TPSA) is 56.5 Å². The van der Waals surface area contributed by atoms with Crippen LogP contribution in [0, 0.1) is 0 Å². The van der Waals surface area contributed by atoms with Crippen LogP contribution < -0.4 is 0 Å². The van der Waals surface area contributed by atoms with E-state index in [0.29, 0.717) is 0 Å². The van der Waals surface area contributed by atoms with E-state index in [1.807, 2.05) is 48.0 Å². The predicted octanol–water partition coefficient (Wildman–Crippen LogP) is 4.29. The van der Waals surface area contributed by atoms with Crippen LogP contribution >= 0.6 is 23.1 Å². The second-order valence-corrected chi connectivity index (χ2v) is 7.18. The van der Waals surface area contributed by atoms with Gasteiger partial charge >= 0.3 is 0 Å². The molecule has 1 aromatic carbocycles. The van der Waals surface area contributed by atoms with Gasteiger partial charge in [-0.2, -0.15) is 0 Å². The van der Waals surface area contributed by atoms with Crippen molar-refractivity contribution in [1.82, 2.24) is 24.7 Å². The van der Waals surface area contributed by atoms with Gasteiger partial charge in [-0.05, 0) is 12.1 Å². The summed E-state index contributed by atoms with van der Waals surface area (Å²) in [6.45, 7) is 0. The average molecular weight is 365 g/mol. The van der Waals surface area contributed by atoms with Crippen LogP contribution in [0.15, 0.2) is 65.3 Å². The highest BCUT2D eigenvalue weighted by Crippen LogP contribution is 2.28. The van der Waals surface area contributed by atoms with Crippen LogP contribution in [0.1, 0.15) is 5.69 Å². The van der Waals surface area contributed by atoms with Crippen LogP contribution in [0.2, 0.25) is 0 Å². The van der Waals surface area contributed by atoms with Gasteiger partial charge in [0, 0.05) is 29.9 Å². The van der Waals surface area contributed by atoms with Crippen molar-refractivity contribution >= 4 is 23.1 Å². The molecular weight excluding hydrogens is 350 g/mol. The van der Waals surface area contributed by atoms with E-state index in [4.69, 9.17) is 4.98 Å². The average Bonchev–Trinajstić information content (AvgIpc) is 3.28. The predicted molar refractivity (Wildman–Crippen MR) is 101 cm³/mol. The van der Waals surface area contributed by atoms with Gasteiger partial charge in [-0.25, -0.2) is 4.98 Å². The molecule has 0 N–H and O–H groups in total. The summed E-state index contributed by atoms with van der Waals surface area (Å²) in [5, 5.41) is 12.6. The van der Waals surface area contributed by atoms with Crippen molar-refractivity contribution in [2.45, 2.75) is 10.9 Å². The van der Waals surface area contributed by atoms with Gasteiger partial charge in [-0.15, -0.1) is 21.5 Å². The Morgan fingerprint density at radius 2 is 1.88 bits per heavy atom. The molecule has 0 aliphatic heterocycles. The maximum absolute atomic E-state index is 4.72. The summed E-state index contributed by atoms with van der Waals surface area (Å²) in [6.07, 6.45) is 1.76. The fourth-order valence-electron chi connectivity index (χ4n) is 2.38. The number of pyridine rings is 1. The first kappa shape index (κ1) is 16.0. The van der Waals surface area contributed by atoms with Gasteiger partial charge in [0.25, 0.3) is 0 Å². The van der Waals surface area contributed by atoms with Crippen LogP contribution in [0.25, 0.3) is 22.1 Å². The molecule has 0 aliphatic rings. The highest BCUT2D eigenvalue weighted by molar-refractivity contribution is 7.98. The van der Waals surface area contributed by atoms with Gasteiger partial charge in [0.1, 0.15) is 10.7 Å². The van der Waals surface area contributed by atoms with Gasteiger partial charge < -0.3 is 4.57 Å². The van der Waals surface area contributed by atoms with Gasteiger partial charge in [-0.1, -0.05) is 48.2 Å². The van der Waals surface area contributed by atoms with Crippen LogP contribution in [0.3, 0.4) is 0 Å². The molecule has 0 spiro atoms. The first-order valence-corrected chi connectivity index (χ1v) is 9.61. The zero-order valence-electron chi connectivity index (χ0n) is 13.5. The Labute approximate surface area is 153 Å². The number of thiazole rings is 1. The smallest absolute Gasteiger partial charge is 0.191 e. The largest absolute Gasteiger partial charge is 0.304 e. The second kappa shape index (κ2) is 7.16. The number of aromatic nitrogens is 5. The number of hydrogen-bond donors (Lipinski definition) is 0. The van der Waals surface area contributed by atoms with E-state index < -0.39 is 0 Å². The highest BCUT2D eigenvalue weighted by atomic mass is 32.2. The Kier molecular flexibility index (Phi) is 4.58. The number of nitrogens with zero attached hydrogens (tertiary/aromatic N) is 5. The third-order valence-electron chi connectivity index (χ3n) is 3.65. The van der Waals surface area contributed by atoms with Crippen molar-refractivity contribution in [3.8, 4) is 22.1 Å². The van der Waals surface area contributed by atoms with Crippen LogP contribution in [-0.2, 0) is 12.8 Å². The maximum Gasteiger partial charge on any atom is 0.191 e. The maximum atomic E-state index is 4.72. The number of benzene rings is 1. The third kappa shape index (κ3) is 3.47.